The Labute approximate surface area is 317 Å². The first kappa shape index (κ1) is 36.6. The van der Waals surface area contributed by atoms with Crippen LogP contribution in [0.25, 0.3) is 11.4 Å². The first-order valence-electron chi connectivity index (χ1n) is 18.5. The second-order valence-corrected chi connectivity index (χ2v) is 15.6. The minimum Gasteiger partial charge on any atom is -0.489 e. The van der Waals surface area contributed by atoms with Gasteiger partial charge in [-0.3, -0.25) is 44.8 Å². The number of rotatable bonds is 8. The number of phosphoric acid groups is 1. The number of amides is 3. The zero-order chi connectivity index (χ0) is 38.4. The van der Waals surface area contributed by atoms with E-state index in [0.29, 0.717) is 74.2 Å². The highest BCUT2D eigenvalue weighted by Gasteiger charge is 2.38. The van der Waals surface area contributed by atoms with Gasteiger partial charge in [-0.1, -0.05) is 24.3 Å². The van der Waals surface area contributed by atoms with E-state index in [-0.39, 0.29) is 35.3 Å². The van der Waals surface area contributed by atoms with E-state index in [1.165, 1.54) is 6.07 Å². The average molecular weight is 774 g/mol. The molecule has 1 aromatic heterocycles. The largest absolute Gasteiger partial charge is 0.524 e. The van der Waals surface area contributed by atoms with Crippen molar-refractivity contribution in [3.05, 3.63) is 77.9 Å². The minimum atomic E-state index is -4.82. The summed E-state index contributed by atoms with van der Waals surface area (Å²) in [5.41, 5.74) is 13.5. The lowest BCUT2D eigenvalue weighted by Crippen LogP contribution is -2.54. The summed E-state index contributed by atoms with van der Waals surface area (Å²) in [7, 11) is -3.10. The summed E-state index contributed by atoms with van der Waals surface area (Å²) in [6, 6.07) is 12.5. The molecule has 1 atom stereocenters. The van der Waals surface area contributed by atoms with Gasteiger partial charge in [-0.25, -0.2) is 9.25 Å². The molecular weight excluding hydrogens is 729 g/mol. The molecule has 4 aliphatic heterocycles. The number of benzene rings is 2. The van der Waals surface area contributed by atoms with Gasteiger partial charge in [0.15, 0.2) is 0 Å². The number of fused-ring (bicyclic) bond motifs is 1. The van der Waals surface area contributed by atoms with Crippen LogP contribution in [0.5, 0.6) is 11.5 Å². The number of allylic oxidation sites excluding steroid dienone is 2. The molecule has 5 heterocycles. The number of piperazine rings is 1. The molecule has 18 heteroatoms. The number of ether oxygens (including phenoxy) is 1. The van der Waals surface area contributed by atoms with Crippen molar-refractivity contribution < 1.29 is 38.0 Å². The highest BCUT2D eigenvalue weighted by molar-refractivity contribution is 7.46. The SMILES string of the molecule is CN1NC(N)=C(n2cc(N3CCN(C4CCC(c5cccc6c5OCCN6[C@@H]5CCC(=O)NC5=O)CC4)CC3=O)cn2)C=C1c1ccccc1OP(=O)(O)O. The molecular formula is C37H44N9O8P. The maximum absolute atomic E-state index is 13.6. The van der Waals surface area contributed by atoms with Crippen LogP contribution in [-0.4, -0.2) is 99.1 Å². The van der Waals surface area contributed by atoms with Crippen LogP contribution in [-0.2, 0) is 18.9 Å². The molecule has 6 N–H and O–H groups in total. The molecule has 3 fully saturated rings. The van der Waals surface area contributed by atoms with Crippen molar-refractivity contribution in [1.29, 1.82) is 0 Å². The van der Waals surface area contributed by atoms with Crippen LogP contribution >= 0.6 is 7.82 Å². The topological polar surface area (TPSA) is 208 Å². The Kier molecular flexibility index (Phi) is 9.79. The van der Waals surface area contributed by atoms with Crippen molar-refractivity contribution in [3.63, 3.8) is 0 Å². The lowest BCUT2D eigenvalue weighted by Gasteiger charge is -2.42. The minimum absolute atomic E-state index is 0.0000310. The fourth-order valence-electron chi connectivity index (χ4n) is 8.47. The third-order valence-corrected chi connectivity index (χ3v) is 11.5. The summed E-state index contributed by atoms with van der Waals surface area (Å²) in [5, 5.41) is 8.61. The van der Waals surface area contributed by atoms with Crippen LogP contribution in [0.1, 0.15) is 55.6 Å². The first-order chi connectivity index (χ1) is 26.4. The monoisotopic (exact) mass is 773 g/mol. The van der Waals surface area contributed by atoms with Gasteiger partial charge in [0.1, 0.15) is 35.7 Å². The highest BCUT2D eigenvalue weighted by Crippen LogP contribution is 2.45. The maximum Gasteiger partial charge on any atom is 0.524 e. The second-order valence-electron chi connectivity index (χ2n) is 14.4. The standard InChI is InChI=1S/C37H44N9O8P/c1-42-30(27-5-2-3-8-32(27)54-55(50,51)52)19-31(36(38)41-42)46-21-25(20-39-46)44-16-15-43(22-34(44)48)24-11-9-23(10-12-24)26-6-4-7-28-35(26)53-18-17-45(28)29-13-14-33(47)40-37(29)49/h2-8,19-21,23-24,29,41H,9-18,22,38H2,1H3,(H,40,47,49)(H2,50,51,52)/t23?,24?,29-/m1/s1. The van der Waals surface area contributed by atoms with Crippen LogP contribution in [0.2, 0.25) is 0 Å². The van der Waals surface area contributed by atoms with E-state index in [0.717, 1.165) is 42.7 Å². The predicted octanol–water partition coefficient (Wildman–Crippen LogP) is 2.31. The van der Waals surface area contributed by atoms with Gasteiger partial charge in [0.25, 0.3) is 0 Å². The number of piperidine rings is 1. The summed E-state index contributed by atoms with van der Waals surface area (Å²) in [5.74, 6) is 0.931. The third kappa shape index (κ3) is 7.40. The van der Waals surface area contributed by atoms with Crippen molar-refractivity contribution in [3.8, 4) is 11.5 Å². The number of imide groups is 1. The number of nitrogens with two attached hydrogens (primary N) is 1. The van der Waals surface area contributed by atoms with E-state index in [2.05, 4.69) is 31.7 Å². The zero-order valence-corrected chi connectivity index (χ0v) is 31.2. The lowest BCUT2D eigenvalue weighted by atomic mass is 9.80. The Morgan fingerprint density at radius 1 is 1.00 bits per heavy atom. The number of anilines is 2. The van der Waals surface area contributed by atoms with E-state index in [1.54, 1.807) is 58.3 Å². The molecule has 0 bridgehead atoms. The van der Waals surface area contributed by atoms with E-state index in [9.17, 15) is 28.7 Å². The Balaban J connectivity index is 0.908. The number of hydrogen-bond donors (Lipinski definition) is 5. The van der Waals surface area contributed by atoms with Crippen LogP contribution in [0.3, 0.4) is 0 Å². The van der Waals surface area contributed by atoms with Gasteiger partial charge in [0.05, 0.1) is 42.6 Å². The zero-order valence-electron chi connectivity index (χ0n) is 30.3. The molecule has 3 amide bonds. The van der Waals surface area contributed by atoms with Crippen LogP contribution in [0.15, 0.2) is 66.8 Å². The number of nitrogens with zero attached hydrogens (tertiary/aromatic N) is 6. The summed E-state index contributed by atoms with van der Waals surface area (Å²) in [6.45, 7) is 2.58. The fraction of sp³-hybridized carbons (Fsp3) is 0.405. The number of para-hydroxylation sites is 2. The van der Waals surface area contributed by atoms with Crippen molar-refractivity contribution in [2.75, 3.05) is 49.6 Å². The van der Waals surface area contributed by atoms with Gasteiger partial charge in [0, 0.05) is 38.2 Å². The number of hydrazine groups is 1. The van der Waals surface area contributed by atoms with E-state index >= 15 is 0 Å². The highest BCUT2D eigenvalue weighted by atomic mass is 31.2. The number of carbonyl (C=O) groups excluding carboxylic acids is 3. The Hall–Kier alpha value is -5.35. The second kappa shape index (κ2) is 14.7. The van der Waals surface area contributed by atoms with Crippen LogP contribution in [0, 0.1) is 0 Å². The number of phosphoric ester groups is 1. The van der Waals surface area contributed by atoms with Gasteiger partial charge in [0.2, 0.25) is 17.7 Å². The molecule has 290 valence electrons. The smallest absolute Gasteiger partial charge is 0.489 e. The molecule has 0 unspecified atom stereocenters. The van der Waals surface area contributed by atoms with Crippen molar-refractivity contribution in [2.45, 2.75) is 56.5 Å². The number of aromatic nitrogens is 2. The molecule has 17 nitrogen and oxygen atoms in total. The molecule has 3 aromatic rings. The van der Waals surface area contributed by atoms with Gasteiger partial charge < -0.3 is 24.8 Å². The average Bonchev–Trinajstić information content (AvgIpc) is 3.64. The van der Waals surface area contributed by atoms with E-state index in [4.69, 9.17) is 15.0 Å². The van der Waals surface area contributed by atoms with Gasteiger partial charge in [-0.2, -0.15) is 5.10 Å². The maximum atomic E-state index is 13.6. The number of hydrogen-bond acceptors (Lipinski definition) is 12. The Morgan fingerprint density at radius 2 is 1.80 bits per heavy atom. The van der Waals surface area contributed by atoms with Crippen molar-refractivity contribution in [1.82, 2.24) is 30.4 Å². The Morgan fingerprint density at radius 3 is 2.56 bits per heavy atom. The molecule has 2 aromatic carbocycles. The van der Waals surface area contributed by atoms with Crippen molar-refractivity contribution in [2.24, 2.45) is 5.73 Å². The van der Waals surface area contributed by atoms with Gasteiger partial charge in [-0.15, -0.1) is 0 Å². The molecule has 55 heavy (non-hydrogen) atoms. The number of nitrogens with one attached hydrogen (secondary N) is 2. The van der Waals surface area contributed by atoms with Gasteiger partial charge in [-0.05, 0) is 67.9 Å². The fourth-order valence-corrected chi connectivity index (χ4v) is 8.88. The molecule has 1 saturated carbocycles. The van der Waals surface area contributed by atoms with Gasteiger partial charge >= 0.3 is 7.82 Å². The summed E-state index contributed by atoms with van der Waals surface area (Å²) in [4.78, 5) is 63.1. The molecule has 1 aliphatic carbocycles. The molecule has 2 saturated heterocycles. The third-order valence-electron chi connectivity index (χ3n) is 11.1. The molecule has 0 spiro atoms. The number of carbonyl (C=O) groups is 3. The Bertz CT molecular complexity index is 2120. The summed E-state index contributed by atoms with van der Waals surface area (Å²) in [6.07, 6.45) is 9.71. The van der Waals surface area contributed by atoms with E-state index in [1.807, 2.05) is 12.1 Å². The quantitative estimate of drug-likeness (QED) is 0.165. The van der Waals surface area contributed by atoms with E-state index < -0.39 is 13.9 Å². The first-order valence-corrected chi connectivity index (χ1v) is 20.0. The molecule has 0 radical (unpaired) electrons. The molecule has 5 aliphatic rings. The summed E-state index contributed by atoms with van der Waals surface area (Å²) < 4.78 is 24.4. The lowest BCUT2D eigenvalue weighted by molar-refractivity contribution is -0.134. The summed E-state index contributed by atoms with van der Waals surface area (Å²) >= 11 is 0. The van der Waals surface area contributed by atoms with Crippen LogP contribution < -0.4 is 35.5 Å². The van der Waals surface area contributed by atoms with Crippen molar-refractivity contribution >= 4 is 48.3 Å². The molecule has 8 rings (SSSR count). The predicted molar refractivity (Wildman–Crippen MR) is 202 cm³/mol. The normalized spacial score (nSPS) is 23.8. The van der Waals surface area contributed by atoms with Crippen LogP contribution in [0.4, 0.5) is 11.4 Å².